The Hall–Kier alpha value is -2.74. The Bertz CT molecular complexity index is 865. The van der Waals surface area contributed by atoms with Gasteiger partial charge in [0.1, 0.15) is 5.69 Å². The first-order valence-electron chi connectivity index (χ1n) is 5.40. The van der Waals surface area contributed by atoms with E-state index in [0.717, 1.165) is 0 Å². The van der Waals surface area contributed by atoms with Gasteiger partial charge >= 0.3 is 5.97 Å². The smallest absolute Gasteiger partial charge is 0.337 e. The molecular weight excluding hydrogens is 286 g/mol. The van der Waals surface area contributed by atoms with Crippen LogP contribution < -0.4 is 5.56 Å². The van der Waals surface area contributed by atoms with Gasteiger partial charge in [0.15, 0.2) is 11.5 Å². The predicted molar refractivity (Wildman–Crippen MR) is 68.8 cm³/mol. The van der Waals surface area contributed by atoms with Gasteiger partial charge in [0.2, 0.25) is 0 Å². The second kappa shape index (κ2) is 4.42. The Labute approximate surface area is 115 Å². The van der Waals surface area contributed by atoms with Crippen LogP contribution in [0.25, 0.3) is 17.2 Å². The first kappa shape index (κ1) is 12.3. The molecule has 0 aliphatic carbocycles. The molecule has 3 aromatic rings. The number of carboxylic acid groups (broad SMARTS) is 1. The highest BCUT2D eigenvalue weighted by molar-refractivity contribution is 6.33. The summed E-state index contributed by atoms with van der Waals surface area (Å²) >= 11 is 5.97. The van der Waals surface area contributed by atoms with E-state index in [-0.39, 0.29) is 22.0 Å². The maximum Gasteiger partial charge on any atom is 0.337 e. The Morgan fingerprint density at radius 2 is 2.15 bits per heavy atom. The van der Waals surface area contributed by atoms with Crippen molar-refractivity contribution in [3.05, 3.63) is 45.3 Å². The van der Waals surface area contributed by atoms with Gasteiger partial charge in [0.05, 0.1) is 10.6 Å². The summed E-state index contributed by atoms with van der Waals surface area (Å²) in [4.78, 5) is 22.0. The van der Waals surface area contributed by atoms with Crippen LogP contribution in [0.3, 0.4) is 0 Å². The third-order valence-corrected chi connectivity index (χ3v) is 2.89. The fourth-order valence-electron chi connectivity index (χ4n) is 1.71. The van der Waals surface area contributed by atoms with Gasteiger partial charge in [0.25, 0.3) is 5.56 Å². The van der Waals surface area contributed by atoms with Crippen LogP contribution in [0.4, 0.5) is 0 Å². The number of nitrogens with one attached hydrogen (secondary N) is 1. The van der Waals surface area contributed by atoms with Crippen molar-refractivity contribution in [3.8, 4) is 11.5 Å². The number of carbonyl (C=O) groups is 1. The van der Waals surface area contributed by atoms with Gasteiger partial charge in [-0.15, -0.1) is 10.2 Å². The molecule has 0 aromatic carbocycles. The molecule has 0 bridgehead atoms. The van der Waals surface area contributed by atoms with Crippen LogP contribution in [0.15, 0.2) is 29.2 Å². The summed E-state index contributed by atoms with van der Waals surface area (Å²) < 4.78 is 1.41. The van der Waals surface area contributed by atoms with E-state index in [1.165, 1.54) is 28.8 Å². The van der Waals surface area contributed by atoms with Crippen LogP contribution in [-0.4, -0.2) is 35.9 Å². The second-order valence-electron chi connectivity index (χ2n) is 3.91. The van der Waals surface area contributed by atoms with Crippen LogP contribution >= 0.6 is 11.6 Å². The Morgan fingerprint density at radius 3 is 2.80 bits per heavy atom. The van der Waals surface area contributed by atoms with Gasteiger partial charge in [-0.05, 0) is 12.1 Å². The van der Waals surface area contributed by atoms with Crippen molar-refractivity contribution >= 4 is 23.2 Å². The van der Waals surface area contributed by atoms with E-state index in [1.54, 1.807) is 0 Å². The molecule has 0 saturated carbocycles. The molecule has 0 saturated heterocycles. The summed E-state index contributed by atoms with van der Waals surface area (Å²) in [6, 6.07) is 4.03. The lowest BCUT2D eigenvalue weighted by molar-refractivity contribution is 0.0696. The normalized spacial score (nSPS) is 10.8. The molecule has 3 rings (SSSR count). The molecule has 0 radical (unpaired) electrons. The molecule has 0 unspecified atom stereocenters. The molecule has 2 N–H and O–H groups in total. The molecular formula is C11H6ClN5O3. The number of hydrogen-bond acceptors (Lipinski definition) is 5. The summed E-state index contributed by atoms with van der Waals surface area (Å²) in [7, 11) is 0. The standard InChI is InChI=1S/C11H6ClN5O3/c12-6-3-5(11(19)20)4-17-9(6)15-16-10(17)7-1-2-8(18)14-13-7/h1-4H,(H,14,18)(H,19,20). The summed E-state index contributed by atoms with van der Waals surface area (Å²) in [6.07, 6.45) is 1.34. The van der Waals surface area contributed by atoms with Gasteiger partial charge in [-0.2, -0.15) is 5.10 Å². The third kappa shape index (κ3) is 1.91. The molecule has 20 heavy (non-hydrogen) atoms. The van der Waals surface area contributed by atoms with Crippen LogP contribution in [0.2, 0.25) is 5.02 Å². The number of pyridine rings is 1. The number of nitrogens with zero attached hydrogens (tertiary/aromatic N) is 4. The average Bonchev–Trinajstić information content (AvgIpc) is 2.84. The molecule has 0 amide bonds. The van der Waals surface area contributed by atoms with Crippen LogP contribution in [0, 0.1) is 0 Å². The second-order valence-corrected chi connectivity index (χ2v) is 4.31. The Kier molecular flexibility index (Phi) is 2.72. The number of carboxylic acids is 1. The van der Waals surface area contributed by atoms with Crippen LogP contribution in [0.1, 0.15) is 10.4 Å². The quantitative estimate of drug-likeness (QED) is 0.723. The van der Waals surface area contributed by atoms with E-state index in [2.05, 4.69) is 20.4 Å². The van der Waals surface area contributed by atoms with Crippen molar-refractivity contribution < 1.29 is 9.90 Å². The number of aromatic carboxylic acids is 1. The van der Waals surface area contributed by atoms with Crippen molar-refractivity contribution in [2.45, 2.75) is 0 Å². The highest BCUT2D eigenvalue weighted by Crippen LogP contribution is 2.22. The molecule has 100 valence electrons. The predicted octanol–water partition coefficient (Wildman–Crippen LogP) is 0.831. The highest BCUT2D eigenvalue weighted by atomic mass is 35.5. The molecule has 0 fully saturated rings. The van der Waals surface area contributed by atoms with Crippen molar-refractivity contribution in [3.63, 3.8) is 0 Å². The highest BCUT2D eigenvalue weighted by Gasteiger charge is 2.15. The molecule has 0 aliphatic rings. The fraction of sp³-hybridized carbons (Fsp3) is 0. The van der Waals surface area contributed by atoms with Gasteiger partial charge in [-0.3, -0.25) is 9.20 Å². The Morgan fingerprint density at radius 1 is 1.35 bits per heavy atom. The van der Waals surface area contributed by atoms with Crippen molar-refractivity contribution in [2.75, 3.05) is 0 Å². The van der Waals surface area contributed by atoms with Crippen LogP contribution in [0.5, 0.6) is 0 Å². The lowest BCUT2D eigenvalue weighted by Crippen LogP contribution is -2.07. The number of H-pyrrole nitrogens is 1. The SMILES string of the molecule is O=C(O)c1cc(Cl)c2nnc(-c3ccc(=O)[nH]n3)n2c1. The molecule has 0 atom stereocenters. The van der Waals surface area contributed by atoms with Gasteiger partial charge in [-0.1, -0.05) is 11.6 Å². The number of hydrogen-bond donors (Lipinski definition) is 2. The first-order chi connectivity index (χ1) is 9.56. The van der Waals surface area contributed by atoms with Crippen molar-refractivity contribution in [1.82, 2.24) is 24.8 Å². The van der Waals surface area contributed by atoms with Gasteiger partial charge in [-0.25, -0.2) is 9.89 Å². The van der Waals surface area contributed by atoms with Crippen LogP contribution in [-0.2, 0) is 0 Å². The summed E-state index contributed by atoms with van der Waals surface area (Å²) in [6.45, 7) is 0. The van der Waals surface area contributed by atoms with Crippen molar-refractivity contribution in [1.29, 1.82) is 0 Å². The molecule has 9 heteroatoms. The minimum Gasteiger partial charge on any atom is -0.478 e. The molecule has 8 nitrogen and oxygen atoms in total. The zero-order valence-corrected chi connectivity index (χ0v) is 10.5. The topological polar surface area (TPSA) is 113 Å². The maximum absolute atomic E-state index is 11.0. The van der Waals surface area contributed by atoms with E-state index in [1.807, 2.05) is 0 Å². The number of rotatable bonds is 2. The fourth-order valence-corrected chi connectivity index (χ4v) is 1.96. The number of aromatic nitrogens is 5. The van der Waals surface area contributed by atoms with E-state index >= 15 is 0 Å². The summed E-state index contributed by atoms with van der Waals surface area (Å²) in [5, 5.41) is 23.1. The Balaban J connectivity index is 2.29. The maximum atomic E-state index is 11.0. The summed E-state index contributed by atoms with van der Waals surface area (Å²) in [5.41, 5.74) is 0.287. The zero-order chi connectivity index (χ0) is 14.3. The minimum atomic E-state index is -1.12. The van der Waals surface area contributed by atoms with E-state index in [0.29, 0.717) is 11.3 Å². The third-order valence-electron chi connectivity index (χ3n) is 2.62. The lowest BCUT2D eigenvalue weighted by Gasteiger charge is -2.02. The molecule has 3 aromatic heterocycles. The van der Waals surface area contributed by atoms with E-state index < -0.39 is 5.97 Å². The van der Waals surface area contributed by atoms with Gasteiger partial charge < -0.3 is 5.11 Å². The van der Waals surface area contributed by atoms with Gasteiger partial charge in [0, 0.05) is 12.3 Å². The van der Waals surface area contributed by atoms with Crippen molar-refractivity contribution in [2.24, 2.45) is 0 Å². The minimum absolute atomic E-state index is 0.00650. The zero-order valence-electron chi connectivity index (χ0n) is 9.74. The monoisotopic (exact) mass is 291 g/mol. The van der Waals surface area contributed by atoms with E-state index in [9.17, 15) is 9.59 Å². The van der Waals surface area contributed by atoms with E-state index in [4.69, 9.17) is 16.7 Å². The molecule has 3 heterocycles. The average molecular weight is 292 g/mol. The molecule has 0 spiro atoms. The lowest BCUT2D eigenvalue weighted by atomic mass is 10.3. The first-order valence-corrected chi connectivity index (χ1v) is 5.78. The molecule has 0 aliphatic heterocycles. The number of halogens is 1. The largest absolute Gasteiger partial charge is 0.478 e. The summed E-state index contributed by atoms with van der Waals surface area (Å²) in [5.74, 6) is -0.843. The number of aromatic amines is 1. The number of fused-ring (bicyclic) bond motifs is 1.